The highest BCUT2D eigenvalue weighted by Gasteiger charge is 2.12. The molecule has 0 saturated heterocycles. The summed E-state index contributed by atoms with van der Waals surface area (Å²) in [6.07, 6.45) is 1.97. The minimum atomic E-state index is -0.479. The zero-order valence-corrected chi connectivity index (χ0v) is 9.37. The quantitative estimate of drug-likeness (QED) is 0.466. The van der Waals surface area contributed by atoms with Gasteiger partial charge in [-0.25, -0.2) is 4.79 Å². The molecule has 0 fully saturated rings. The van der Waals surface area contributed by atoms with Crippen LogP contribution >= 0.6 is 0 Å². The van der Waals surface area contributed by atoms with Crippen LogP contribution in [0.15, 0.2) is 10.7 Å². The molecule has 0 amide bonds. The number of rotatable bonds is 5. The molecule has 5 nitrogen and oxygen atoms in total. The normalized spacial score (nSPS) is 9.12. The second-order valence-electron chi connectivity index (χ2n) is 2.86. The molecule has 0 radical (unpaired) electrons. The van der Waals surface area contributed by atoms with Crippen LogP contribution in [-0.2, 0) is 4.74 Å². The van der Waals surface area contributed by atoms with E-state index in [1.165, 1.54) is 6.26 Å². The first kappa shape index (κ1) is 12.1. The van der Waals surface area contributed by atoms with Gasteiger partial charge < -0.3 is 14.5 Å². The maximum absolute atomic E-state index is 11.2. The molecule has 1 heterocycles. The topological polar surface area (TPSA) is 64.4 Å². The van der Waals surface area contributed by atoms with Crippen LogP contribution < -0.4 is 5.32 Å². The van der Waals surface area contributed by atoms with E-state index in [1.807, 2.05) is 0 Å². The van der Waals surface area contributed by atoms with E-state index in [2.05, 4.69) is 22.1 Å². The van der Waals surface area contributed by atoms with Crippen molar-refractivity contribution >= 4 is 12.0 Å². The fourth-order valence-electron chi connectivity index (χ4n) is 1.01. The van der Waals surface area contributed by atoms with Gasteiger partial charge in [-0.15, -0.1) is 11.8 Å². The third-order valence-corrected chi connectivity index (χ3v) is 1.69. The maximum atomic E-state index is 11.2. The van der Waals surface area contributed by atoms with Crippen LogP contribution in [0.2, 0.25) is 0 Å². The molecule has 1 N–H and O–H groups in total. The fourth-order valence-corrected chi connectivity index (χ4v) is 1.01. The minimum absolute atomic E-state index is 0.172. The SMILES string of the molecule is CC#CCCNc1nc(C(=O)OCC)co1. The van der Waals surface area contributed by atoms with E-state index >= 15 is 0 Å². The summed E-state index contributed by atoms with van der Waals surface area (Å²) in [6.45, 7) is 4.47. The van der Waals surface area contributed by atoms with Crippen LogP contribution in [0.1, 0.15) is 30.8 Å². The molecule has 0 saturated carbocycles. The van der Waals surface area contributed by atoms with Crippen molar-refractivity contribution in [2.45, 2.75) is 20.3 Å². The largest absolute Gasteiger partial charge is 0.461 e. The number of carbonyl (C=O) groups excluding carboxylic acids is 1. The molecule has 0 aliphatic heterocycles. The molecule has 16 heavy (non-hydrogen) atoms. The number of ether oxygens (including phenoxy) is 1. The number of esters is 1. The Bertz CT molecular complexity index is 401. The number of carbonyl (C=O) groups is 1. The number of nitrogens with zero attached hydrogens (tertiary/aromatic N) is 1. The van der Waals surface area contributed by atoms with Crippen molar-refractivity contribution in [2.24, 2.45) is 0 Å². The first-order valence-electron chi connectivity index (χ1n) is 5.04. The van der Waals surface area contributed by atoms with Crippen molar-refractivity contribution in [2.75, 3.05) is 18.5 Å². The van der Waals surface area contributed by atoms with E-state index in [0.29, 0.717) is 25.6 Å². The highest BCUT2D eigenvalue weighted by molar-refractivity contribution is 5.87. The van der Waals surface area contributed by atoms with Crippen LogP contribution in [0.3, 0.4) is 0 Å². The summed E-state index contributed by atoms with van der Waals surface area (Å²) >= 11 is 0. The third kappa shape index (κ3) is 3.65. The van der Waals surface area contributed by atoms with Crippen LogP contribution in [0.4, 0.5) is 6.01 Å². The summed E-state index contributed by atoms with van der Waals surface area (Å²) in [5.74, 6) is 5.19. The summed E-state index contributed by atoms with van der Waals surface area (Å²) in [7, 11) is 0. The van der Waals surface area contributed by atoms with Gasteiger partial charge in [0.2, 0.25) is 0 Å². The lowest BCUT2D eigenvalue weighted by molar-refractivity contribution is 0.0519. The second-order valence-corrected chi connectivity index (χ2v) is 2.86. The summed E-state index contributed by atoms with van der Waals surface area (Å²) in [5.41, 5.74) is 0.172. The molecule has 1 aromatic rings. The van der Waals surface area contributed by atoms with E-state index in [9.17, 15) is 4.79 Å². The van der Waals surface area contributed by atoms with Gasteiger partial charge in [-0.05, 0) is 13.8 Å². The molecule has 0 aliphatic rings. The molecule has 5 heteroatoms. The fraction of sp³-hybridized carbons (Fsp3) is 0.455. The van der Waals surface area contributed by atoms with Crippen molar-refractivity contribution < 1.29 is 13.9 Å². The molecule has 0 bridgehead atoms. The number of nitrogens with one attached hydrogen (secondary N) is 1. The van der Waals surface area contributed by atoms with Crippen LogP contribution in [0.25, 0.3) is 0 Å². The minimum Gasteiger partial charge on any atom is -0.461 e. The molecular formula is C11H14N2O3. The molecule has 1 aromatic heterocycles. The second kappa shape index (κ2) is 6.51. The molecule has 0 atom stereocenters. The van der Waals surface area contributed by atoms with Gasteiger partial charge >= 0.3 is 5.97 Å². The van der Waals surface area contributed by atoms with E-state index < -0.39 is 5.97 Å². The van der Waals surface area contributed by atoms with Crippen molar-refractivity contribution in [3.8, 4) is 11.8 Å². The third-order valence-electron chi connectivity index (χ3n) is 1.69. The Kier molecular flexibility index (Phi) is 4.93. The van der Waals surface area contributed by atoms with E-state index in [1.54, 1.807) is 13.8 Å². The Balaban J connectivity index is 2.44. The van der Waals surface area contributed by atoms with Crippen molar-refractivity contribution in [1.82, 2.24) is 4.98 Å². The lowest BCUT2D eigenvalue weighted by Crippen LogP contribution is -2.06. The van der Waals surface area contributed by atoms with E-state index in [4.69, 9.17) is 9.15 Å². The molecule has 0 aliphatic carbocycles. The number of aromatic nitrogens is 1. The average molecular weight is 222 g/mol. The standard InChI is InChI=1S/C11H14N2O3/c1-3-5-6-7-12-11-13-9(8-16-11)10(14)15-4-2/h8H,4,6-7H2,1-2H3,(H,12,13). The summed E-state index contributed by atoms with van der Waals surface area (Å²) in [6, 6.07) is 0.306. The lowest BCUT2D eigenvalue weighted by atomic mass is 10.4. The van der Waals surface area contributed by atoms with Crippen molar-refractivity contribution in [3.63, 3.8) is 0 Å². The van der Waals surface area contributed by atoms with E-state index in [-0.39, 0.29) is 5.69 Å². The van der Waals surface area contributed by atoms with Gasteiger partial charge in [-0.3, -0.25) is 0 Å². The van der Waals surface area contributed by atoms with Crippen molar-refractivity contribution in [1.29, 1.82) is 0 Å². The average Bonchev–Trinajstić information content (AvgIpc) is 2.73. The maximum Gasteiger partial charge on any atom is 0.360 e. The highest BCUT2D eigenvalue weighted by atomic mass is 16.5. The number of anilines is 1. The molecule has 0 spiro atoms. The van der Waals surface area contributed by atoms with Gasteiger partial charge in [0.05, 0.1) is 6.61 Å². The van der Waals surface area contributed by atoms with Gasteiger partial charge in [-0.2, -0.15) is 4.98 Å². The number of hydrogen-bond donors (Lipinski definition) is 1. The number of oxazole rings is 1. The Labute approximate surface area is 94.2 Å². The highest BCUT2D eigenvalue weighted by Crippen LogP contribution is 2.08. The van der Waals surface area contributed by atoms with Gasteiger partial charge in [0.15, 0.2) is 5.69 Å². The lowest BCUT2D eigenvalue weighted by Gasteiger charge is -1.96. The Morgan fingerprint density at radius 3 is 3.19 bits per heavy atom. The van der Waals surface area contributed by atoms with Crippen LogP contribution in [0.5, 0.6) is 0 Å². The molecule has 0 unspecified atom stereocenters. The first-order valence-corrected chi connectivity index (χ1v) is 5.04. The van der Waals surface area contributed by atoms with Gasteiger partial charge in [0.25, 0.3) is 6.01 Å². The molecule has 86 valence electrons. The predicted molar refractivity (Wildman–Crippen MR) is 59.0 cm³/mol. The Morgan fingerprint density at radius 2 is 2.50 bits per heavy atom. The summed E-state index contributed by atoms with van der Waals surface area (Å²) in [4.78, 5) is 15.2. The summed E-state index contributed by atoms with van der Waals surface area (Å²) in [5, 5.41) is 2.91. The monoisotopic (exact) mass is 222 g/mol. The smallest absolute Gasteiger partial charge is 0.360 e. The Hall–Kier alpha value is -1.96. The molecular weight excluding hydrogens is 208 g/mol. The Morgan fingerprint density at radius 1 is 1.69 bits per heavy atom. The van der Waals surface area contributed by atoms with Crippen LogP contribution in [0, 0.1) is 11.8 Å². The predicted octanol–water partition coefficient (Wildman–Crippen LogP) is 1.68. The van der Waals surface area contributed by atoms with Crippen molar-refractivity contribution in [3.05, 3.63) is 12.0 Å². The van der Waals surface area contributed by atoms with Gasteiger partial charge in [0, 0.05) is 13.0 Å². The van der Waals surface area contributed by atoms with Crippen LogP contribution in [-0.4, -0.2) is 24.1 Å². The van der Waals surface area contributed by atoms with Gasteiger partial charge in [0.1, 0.15) is 6.26 Å². The molecule has 0 aromatic carbocycles. The molecule has 1 rings (SSSR count). The zero-order valence-electron chi connectivity index (χ0n) is 9.37. The zero-order chi connectivity index (χ0) is 11.8. The first-order chi connectivity index (χ1) is 7.77. The summed E-state index contributed by atoms with van der Waals surface area (Å²) < 4.78 is 9.81. The number of hydrogen-bond acceptors (Lipinski definition) is 5. The van der Waals surface area contributed by atoms with E-state index in [0.717, 1.165) is 0 Å². The van der Waals surface area contributed by atoms with Gasteiger partial charge in [-0.1, -0.05) is 0 Å².